The van der Waals surface area contributed by atoms with Gasteiger partial charge in [-0.15, -0.1) is 0 Å². The van der Waals surface area contributed by atoms with Crippen LogP contribution in [0.15, 0.2) is 12.1 Å². The molecule has 0 amide bonds. The first-order chi connectivity index (χ1) is 7.13. The molecule has 0 aliphatic rings. The molecule has 0 radical (unpaired) electrons. The molecule has 0 atom stereocenters. The third kappa shape index (κ3) is 2.23. The van der Waals surface area contributed by atoms with Gasteiger partial charge >= 0.3 is 5.97 Å². The number of benzene rings is 1. The van der Waals surface area contributed by atoms with Crippen LogP contribution in [-0.2, 0) is 11.4 Å². The smallest absolute Gasteiger partial charge is 0.341 e. The van der Waals surface area contributed by atoms with Gasteiger partial charge in [-0.1, -0.05) is 0 Å². The maximum absolute atomic E-state index is 13.5. The number of methoxy groups -OCH3 is 2. The minimum atomic E-state index is -0.860. The normalized spacial score (nSPS) is 9.87. The van der Waals surface area contributed by atoms with Crippen molar-refractivity contribution in [3.05, 3.63) is 29.1 Å². The van der Waals surface area contributed by atoms with E-state index in [0.717, 1.165) is 13.2 Å². The molecule has 0 aromatic heterocycles. The van der Waals surface area contributed by atoms with E-state index in [1.807, 2.05) is 0 Å². The Morgan fingerprint density at radius 3 is 2.53 bits per heavy atom. The van der Waals surface area contributed by atoms with Crippen molar-refractivity contribution in [1.82, 2.24) is 0 Å². The van der Waals surface area contributed by atoms with Crippen LogP contribution in [0.1, 0.15) is 15.9 Å². The van der Waals surface area contributed by atoms with E-state index in [4.69, 9.17) is 0 Å². The zero-order valence-electron chi connectivity index (χ0n) is 8.34. The van der Waals surface area contributed by atoms with Crippen molar-refractivity contribution in [2.45, 2.75) is 6.67 Å². The Hall–Kier alpha value is -1.65. The van der Waals surface area contributed by atoms with Crippen LogP contribution in [0.5, 0.6) is 5.75 Å². The molecule has 3 nitrogen and oxygen atoms in total. The number of rotatable bonds is 3. The maximum atomic E-state index is 13.5. The summed E-state index contributed by atoms with van der Waals surface area (Å²) in [5, 5.41) is 0. The summed E-state index contributed by atoms with van der Waals surface area (Å²) in [7, 11) is 2.36. The van der Waals surface area contributed by atoms with Gasteiger partial charge in [-0.3, -0.25) is 0 Å². The molecule has 0 aliphatic carbocycles. The van der Waals surface area contributed by atoms with Gasteiger partial charge in [0.25, 0.3) is 0 Å². The molecule has 5 heteroatoms. The van der Waals surface area contributed by atoms with Crippen molar-refractivity contribution >= 4 is 5.97 Å². The lowest BCUT2D eigenvalue weighted by atomic mass is 10.1. The van der Waals surface area contributed by atoms with E-state index in [1.54, 1.807) is 0 Å². The summed E-state index contributed by atoms with van der Waals surface area (Å²) in [6.07, 6.45) is 0. The number of hydrogen-bond donors (Lipinski definition) is 0. The summed E-state index contributed by atoms with van der Waals surface area (Å²) in [6, 6.07) is 2.30. The average Bonchev–Trinajstić information content (AvgIpc) is 2.28. The molecule has 1 aromatic rings. The fraction of sp³-hybridized carbons (Fsp3) is 0.300. The summed E-state index contributed by atoms with van der Waals surface area (Å²) < 4.78 is 34.9. The minimum absolute atomic E-state index is 0.161. The highest BCUT2D eigenvalue weighted by Gasteiger charge is 2.17. The van der Waals surface area contributed by atoms with Crippen LogP contribution in [0, 0.1) is 5.82 Å². The summed E-state index contributed by atoms with van der Waals surface area (Å²) >= 11 is 0. The van der Waals surface area contributed by atoms with E-state index in [1.165, 1.54) is 13.2 Å². The number of esters is 1. The second kappa shape index (κ2) is 4.72. The Morgan fingerprint density at radius 1 is 1.40 bits per heavy atom. The topological polar surface area (TPSA) is 35.5 Å². The van der Waals surface area contributed by atoms with Crippen molar-refractivity contribution < 1.29 is 23.0 Å². The van der Waals surface area contributed by atoms with E-state index >= 15 is 0 Å². The highest BCUT2D eigenvalue weighted by atomic mass is 19.1. The maximum Gasteiger partial charge on any atom is 0.341 e. The Balaban J connectivity index is 3.30. The lowest BCUT2D eigenvalue weighted by Crippen LogP contribution is -2.06. The first kappa shape index (κ1) is 11.4. The molecule has 0 aliphatic heterocycles. The van der Waals surface area contributed by atoms with Gasteiger partial charge in [0.05, 0.1) is 19.8 Å². The van der Waals surface area contributed by atoms with Crippen molar-refractivity contribution in [3.8, 4) is 5.75 Å². The molecule has 0 fully saturated rings. The van der Waals surface area contributed by atoms with Crippen molar-refractivity contribution in [1.29, 1.82) is 0 Å². The second-order valence-corrected chi connectivity index (χ2v) is 2.78. The molecule has 0 saturated heterocycles. The van der Waals surface area contributed by atoms with Gasteiger partial charge in [0.15, 0.2) is 11.6 Å². The lowest BCUT2D eigenvalue weighted by molar-refractivity contribution is 0.0594. The standard InChI is InChI=1S/C10H10F2O3/c1-14-8-4-6(5-11)3-7(9(8)12)10(13)15-2/h3-4H,5H2,1-2H3. The zero-order chi connectivity index (χ0) is 11.4. The highest BCUT2D eigenvalue weighted by Crippen LogP contribution is 2.24. The molecule has 0 saturated carbocycles. The zero-order valence-corrected chi connectivity index (χ0v) is 8.34. The van der Waals surface area contributed by atoms with Crippen LogP contribution < -0.4 is 4.74 Å². The number of carbonyl (C=O) groups is 1. The molecule has 0 heterocycles. The minimum Gasteiger partial charge on any atom is -0.494 e. The predicted molar refractivity (Wildman–Crippen MR) is 49.1 cm³/mol. The average molecular weight is 216 g/mol. The van der Waals surface area contributed by atoms with Crippen LogP contribution in [0.4, 0.5) is 8.78 Å². The Morgan fingerprint density at radius 2 is 2.07 bits per heavy atom. The van der Waals surface area contributed by atoms with E-state index in [2.05, 4.69) is 9.47 Å². The number of ether oxygens (including phenoxy) is 2. The summed E-state index contributed by atoms with van der Waals surface area (Å²) in [5.41, 5.74) is -0.168. The second-order valence-electron chi connectivity index (χ2n) is 2.78. The van der Waals surface area contributed by atoms with Crippen LogP contribution >= 0.6 is 0 Å². The molecular formula is C10H10F2O3. The fourth-order valence-electron chi connectivity index (χ4n) is 1.14. The summed E-state index contributed by atoms with van der Waals surface area (Å²) in [5.74, 6) is -1.88. The van der Waals surface area contributed by atoms with Gasteiger partial charge in [0, 0.05) is 0 Å². The Kier molecular flexibility index (Phi) is 3.60. The summed E-state index contributed by atoms with van der Waals surface area (Å²) in [6.45, 7) is -0.805. The van der Waals surface area contributed by atoms with Crippen LogP contribution in [-0.4, -0.2) is 20.2 Å². The highest BCUT2D eigenvalue weighted by molar-refractivity contribution is 5.90. The number of alkyl halides is 1. The SMILES string of the molecule is COC(=O)c1cc(CF)cc(OC)c1F. The van der Waals surface area contributed by atoms with Crippen LogP contribution in [0.2, 0.25) is 0 Å². The molecule has 1 aromatic carbocycles. The van der Waals surface area contributed by atoms with Gasteiger partial charge in [-0.25, -0.2) is 13.6 Å². The molecule has 0 spiro atoms. The molecule has 0 bridgehead atoms. The van der Waals surface area contributed by atoms with Gasteiger partial charge in [-0.05, 0) is 17.7 Å². The van der Waals surface area contributed by atoms with Crippen LogP contribution in [0.25, 0.3) is 0 Å². The number of hydrogen-bond acceptors (Lipinski definition) is 3. The third-order valence-corrected chi connectivity index (χ3v) is 1.88. The van der Waals surface area contributed by atoms with E-state index in [9.17, 15) is 13.6 Å². The van der Waals surface area contributed by atoms with Crippen molar-refractivity contribution in [2.24, 2.45) is 0 Å². The number of halogens is 2. The lowest BCUT2D eigenvalue weighted by Gasteiger charge is -2.07. The van der Waals surface area contributed by atoms with Gasteiger partial charge in [0.1, 0.15) is 6.67 Å². The molecule has 15 heavy (non-hydrogen) atoms. The Bertz CT molecular complexity index is 377. The van der Waals surface area contributed by atoms with Gasteiger partial charge in [0.2, 0.25) is 0 Å². The summed E-state index contributed by atoms with van der Waals surface area (Å²) in [4.78, 5) is 11.1. The quantitative estimate of drug-likeness (QED) is 0.726. The first-order valence-corrected chi connectivity index (χ1v) is 4.14. The first-order valence-electron chi connectivity index (χ1n) is 4.14. The molecule has 0 N–H and O–H groups in total. The molecular weight excluding hydrogens is 206 g/mol. The fourth-order valence-corrected chi connectivity index (χ4v) is 1.14. The molecule has 0 unspecified atom stereocenters. The Labute approximate surface area is 85.6 Å². The van der Waals surface area contributed by atoms with E-state index in [0.29, 0.717) is 0 Å². The van der Waals surface area contributed by atoms with Crippen molar-refractivity contribution in [2.75, 3.05) is 14.2 Å². The van der Waals surface area contributed by atoms with Crippen LogP contribution in [0.3, 0.4) is 0 Å². The number of carbonyl (C=O) groups excluding carboxylic acids is 1. The van der Waals surface area contributed by atoms with Crippen molar-refractivity contribution in [3.63, 3.8) is 0 Å². The predicted octanol–water partition coefficient (Wildman–Crippen LogP) is 2.09. The van der Waals surface area contributed by atoms with Gasteiger partial charge in [-0.2, -0.15) is 0 Å². The molecule has 1 rings (SSSR count). The van der Waals surface area contributed by atoms with E-state index in [-0.39, 0.29) is 16.9 Å². The van der Waals surface area contributed by atoms with Gasteiger partial charge < -0.3 is 9.47 Å². The molecule has 82 valence electrons. The largest absolute Gasteiger partial charge is 0.494 e. The monoisotopic (exact) mass is 216 g/mol. The van der Waals surface area contributed by atoms with E-state index < -0.39 is 18.5 Å². The third-order valence-electron chi connectivity index (χ3n) is 1.88.